The lowest BCUT2D eigenvalue weighted by Crippen LogP contribution is -2.68. The molecule has 0 bridgehead atoms. The highest BCUT2D eigenvalue weighted by Gasteiger charge is 2.41. The molecule has 1 saturated heterocycles. The summed E-state index contributed by atoms with van der Waals surface area (Å²) in [6, 6.07) is 9.75. The fourth-order valence-corrected chi connectivity index (χ4v) is 2.85. The quantitative estimate of drug-likeness (QED) is 0.931. The van der Waals surface area contributed by atoms with E-state index in [-0.39, 0.29) is 11.4 Å². The highest BCUT2D eigenvalue weighted by molar-refractivity contribution is 5.94. The molecule has 0 radical (unpaired) electrons. The SMILES string of the molecule is CCCC1(N)CN(C(=O)c2cnn(-c3ccccc3)c2)C1. The van der Waals surface area contributed by atoms with Crippen LogP contribution in [0.25, 0.3) is 5.69 Å². The average Bonchev–Trinajstić information content (AvgIpc) is 2.95. The van der Waals surface area contributed by atoms with Crippen LogP contribution in [-0.2, 0) is 0 Å². The molecule has 2 aromatic rings. The monoisotopic (exact) mass is 284 g/mol. The van der Waals surface area contributed by atoms with Crippen LogP contribution in [-0.4, -0.2) is 39.2 Å². The van der Waals surface area contributed by atoms with Gasteiger partial charge in [-0.1, -0.05) is 31.5 Å². The fraction of sp³-hybridized carbons (Fsp3) is 0.375. The van der Waals surface area contributed by atoms with Gasteiger partial charge in [-0.05, 0) is 18.6 Å². The van der Waals surface area contributed by atoms with Gasteiger partial charge in [-0.3, -0.25) is 4.79 Å². The van der Waals surface area contributed by atoms with Crippen LogP contribution in [0.1, 0.15) is 30.1 Å². The zero-order chi connectivity index (χ0) is 14.9. The summed E-state index contributed by atoms with van der Waals surface area (Å²) < 4.78 is 1.72. The van der Waals surface area contributed by atoms with E-state index in [0.29, 0.717) is 18.7 Å². The Labute approximate surface area is 124 Å². The summed E-state index contributed by atoms with van der Waals surface area (Å²) in [6.07, 6.45) is 5.39. The van der Waals surface area contributed by atoms with Crippen LogP contribution < -0.4 is 5.73 Å². The minimum absolute atomic E-state index is 0.00867. The van der Waals surface area contributed by atoms with Gasteiger partial charge in [-0.2, -0.15) is 5.10 Å². The number of nitrogens with two attached hydrogens (primary N) is 1. The van der Waals surface area contributed by atoms with Crippen molar-refractivity contribution in [2.24, 2.45) is 5.73 Å². The van der Waals surface area contributed by atoms with Gasteiger partial charge in [-0.15, -0.1) is 0 Å². The number of para-hydroxylation sites is 1. The molecule has 1 amide bonds. The first-order valence-corrected chi connectivity index (χ1v) is 7.29. The molecule has 5 nitrogen and oxygen atoms in total. The summed E-state index contributed by atoms with van der Waals surface area (Å²) in [6.45, 7) is 3.38. The third-order valence-corrected chi connectivity index (χ3v) is 3.90. The fourth-order valence-electron chi connectivity index (χ4n) is 2.85. The van der Waals surface area contributed by atoms with Crippen molar-refractivity contribution in [1.29, 1.82) is 0 Å². The van der Waals surface area contributed by atoms with E-state index in [4.69, 9.17) is 5.73 Å². The van der Waals surface area contributed by atoms with Crippen LogP contribution in [0.4, 0.5) is 0 Å². The first kappa shape index (κ1) is 13.8. The maximum atomic E-state index is 12.4. The Morgan fingerprint density at radius 1 is 1.33 bits per heavy atom. The summed E-state index contributed by atoms with van der Waals surface area (Å²) in [5, 5.41) is 4.26. The number of hydrogen-bond donors (Lipinski definition) is 1. The number of nitrogens with zero attached hydrogens (tertiary/aromatic N) is 3. The van der Waals surface area contributed by atoms with Crippen molar-refractivity contribution in [3.8, 4) is 5.69 Å². The number of hydrogen-bond acceptors (Lipinski definition) is 3. The maximum Gasteiger partial charge on any atom is 0.257 e. The molecule has 2 N–H and O–H groups in total. The second kappa shape index (κ2) is 5.33. The Bertz CT molecular complexity index is 629. The highest BCUT2D eigenvalue weighted by Crippen LogP contribution is 2.25. The van der Waals surface area contributed by atoms with E-state index in [1.807, 2.05) is 30.3 Å². The molecule has 1 aromatic carbocycles. The van der Waals surface area contributed by atoms with E-state index in [1.54, 1.807) is 22.0 Å². The molecule has 1 aliphatic heterocycles. The first-order valence-electron chi connectivity index (χ1n) is 7.29. The minimum atomic E-state index is -0.195. The smallest absolute Gasteiger partial charge is 0.257 e. The van der Waals surface area contributed by atoms with E-state index in [1.165, 1.54) is 0 Å². The Balaban J connectivity index is 1.69. The van der Waals surface area contributed by atoms with Gasteiger partial charge in [0.1, 0.15) is 0 Å². The second-order valence-corrected chi connectivity index (χ2v) is 5.78. The van der Waals surface area contributed by atoms with Gasteiger partial charge in [0.05, 0.1) is 23.0 Å². The molecule has 1 fully saturated rings. The zero-order valence-electron chi connectivity index (χ0n) is 12.2. The van der Waals surface area contributed by atoms with Gasteiger partial charge >= 0.3 is 0 Å². The summed E-state index contributed by atoms with van der Waals surface area (Å²) in [5.41, 5.74) is 7.56. The van der Waals surface area contributed by atoms with Gasteiger partial charge in [-0.25, -0.2) is 4.68 Å². The van der Waals surface area contributed by atoms with Crippen molar-refractivity contribution in [1.82, 2.24) is 14.7 Å². The average molecular weight is 284 g/mol. The van der Waals surface area contributed by atoms with E-state index >= 15 is 0 Å². The van der Waals surface area contributed by atoms with Crippen LogP contribution in [0.2, 0.25) is 0 Å². The van der Waals surface area contributed by atoms with E-state index in [2.05, 4.69) is 12.0 Å². The molecule has 0 saturated carbocycles. The molecule has 110 valence electrons. The van der Waals surface area contributed by atoms with Crippen LogP contribution >= 0.6 is 0 Å². The number of carbonyl (C=O) groups excluding carboxylic acids is 1. The summed E-state index contributed by atoms with van der Waals surface area (Å²) in [7, 11) is 0. The second-order valence-electron chi connectivity index (χ2n) is 5.78. The van der Waals surface area contributed by atoms with Crippen molar-refractivity contribution in [2.75, 3.05) is 13.1 Å². The predicted octanol–water partition coefficient (Wildman–Crippen LogP) is 1.83. The van der Waals surface area contributed by atoms with Crippen molar-refractivity contribution >= 4 is 5.91 Å². The van der Waals surface area contributed by atoms with Crippen molar-refractivity contribution in [3.63, 3.8) is 0 Å². The molecule has 0 aliphatic carbocycles. The minimum Gasteiger partial charge on any atom is -0.335 e. The molecule has 21 heavy (non-hydrogen) atoms. The molecule has 0 atom stereocenters. The van der Waals surface area contributed by atoms with Crippen LogP contribution in [0.15, 0.2) is 42.7 Å². The molecule has 0 unspecified atom stereocenters. The molecule has 0 spiro atoms. The van der Waals surface area contributed by atoms with Crippen LogP contribution in [0, 0.1) is 0 Å². The molecule has 1 aromatic heterocycles. The van der Waals surface area contributed by atoms with Gasteiger partial charge in [0, 0.05) is 19.3 Å². The van der Waals surface area contributed by atoms with Crippen LogP contribution in [0.5, 0.6) is 0 Å². The molecule has 5 heteroatoms. The molecule has 2 heterocycles. The van der Waals surface area contributed by atoms with E-state index in [0.717, 1.165) is 18.5 Å². The lowest BCUT2D eigenvalue weighted by molar-refractivity contribution is 0.0386. The Hall–Kier alpha value is -2.14. The Morgan fingerprint density at radius 2 is 2.05 bits per heavy atom. The molecular formula is C16H20N4O. The third-order valence-electron chi connectivity index (χ3n) is 3.90. The lowest BCUT2D eigenvalue weighted by Gasteiger charge is -2.47. The van der Waals surface area contributed by atoms with Crippen molar-refractivity contribution < 1.29 is 4.79 Å². The molecular weight excluding hydrogens is 264 g/mol. The number of benzene rings is 1. The van der Waals surface area contributed by atoms with E-state index < -0.39 is 0 Å². The third kappa shape index (κ3) is 2.69. The molecule has 1 aliphatic rings. The molecule has 3 rings (SSSR count). The number of aromatic nitrogens is 2. The van der Waals surface area contributed by atoms with Gasteiger partial charge < -0.3 is 10.6 Å². The van der Waals surface area contributed by atoms with E-state index in [9.17, 15) is 4.79 Å². The lowest BCUT2D eigenvalue weighted by atomic mass is 9.86. The number of rotatable bonds is 4. The first-order chi connectivity index (χ1) is 10.1. The summed E-state index contributed by atoms with van der Waals surface area (Å²) in [4.78, 5) is 14.2. The largest absolute Gasteiger partial charge is 0.335 e. The normalized spacial score (nSPS) is 16.6. The van der Waals surface area contributed by atoms with Gasteiger partial charge in [0.25, 0.3) is 5.91 Å². The summed E-state index contributed by atoms with van der Waals surface area (Å²) in [5.74, 6) is 0.00867. The summed E-state index contributed by atoms with van der Waals surface area (Å²) >= 11 is 0. The predicted molar refractivity (Wildman–Crippen MR) is 81.3 cm³/mol. The Morgan fingerprint density at radius 3 is 2.71 bits per heavy atom. The van der Waals surface area contributed by atoms with Gasteiger partial charge in [0.2, 0.25) is 0 Å². The zero-order valence-corrected chi connectivity index (χ0v) is 12.2. The highest BCUT2D eigenvalue weighted by atomic mass is 16.2. The van der Waals surface area contributed by atoms with Crippen LogP contribution in [0.3, 0.4) is 0 Å². The van der Waals surface area contributed by atoms with Crippen molar-refractivity contribution in [2.45, 2.75) is 25.3 Å². The maximum absolute atomic E-state index is 12.4. The van der Waals surface area contributed by atoms with Gasteiger partial charge in [0.15, 0.2) is 0 Å². The topological polar surface area (TPSA) is 64.2 Å². The number of likely N-dealkylation sites (tertiary alicyclic amines) is 1. The standard InChI is InChI=1S/C16H20N4O/c1-2-8-16(17)11-19(12-16)15(21)13-9-18-20(10-13)14-6-4-3-5-7-14/h3-7,9-10H,2,8,11-12,17H2,1H3. The Kier molecular flexibility index (Phi) is 3.51. The number of carbonyl (C=O) groups is 1. The van der Waals surface area contributed by atoms with Crippen molar-refractivity contribution in [3.05, 3.63) is 48.3 Å². The number of amides is 1.